The van der Waals surface area contributed by atoms with Gasteiger partial charge in [0.25, 0.3) is 0 Å². The van der Waals surface area contributed by atoms with Crippen molar-refractivity contribution < 1.29 is 4.42 Å². The number of hydrogen-bond acceptors (Lipinski definition) is 4. The molecule has 56 heavy (non-hydrogen) atoms. The Morgan fingerprint density at radius 1 is 0.357 bits per heavy atom. The Labute approximate surface area is 322 Å². The molecule has 0 saturated carbocycles. The Bertz CT molecular complexity index is 3250. The van der Waals surface area contributed by atoms with E-state index in [-0.39, 0.29) is 0 Å². The number of aromatic nitrogens is 4. The number of nitrogens with one attached hydrogen (secondary N) is 1. The van der Waals surface area contributed by atoms with Crippen molar-refractivity contribution in [2.75, 3.05) is 0 Å². The lowest BCUT2D eigenvalue weighted by Gasteiger charge is -2.21. The van der Waals surface area contributed by atoms with Gasteiger partial charge in [-0.15, -0.1) is 10.2 Å². The number of aromatic amines is 1. The summed E-state index contributed by atoms with van der Waals surface area (Å²) in [5.74, 6) is 0. The van der Waals surface area contributed by atoms with Gasteiger partial charge in [-0.2, -0.15) is 0 Å². The summed E-state index contributed by atoms with van der Waals surface area (Å²) in [6.45, 7) is 0. The molecule has 5 nitrogen and oxygen atoms in total. The van der Waals surface area contributed by atoms with E-state index in [4.69, 9.17) is 14.6 Å². The van der Waals surface area contributed by atoms with E-state index < -0.39 is 0 Å². The molecule has 3 heterocycles. The fraction of sp³-hybridized carbons (Fsp3) is 0. The van der Waals surface area contributed by atoms with Gasteiger partial charge in [0.1, 0.15) is 22.6 Å². The number of H-pyrrole nitrogens is 1. The first kappa shape index (κ1) is 31.9. The van der Waals surface area contributed by atoms with Gasteiger partial charge in [0, 0.05) is 49.3 Å². The predicted octanol–water partition coefficient (Wildman–Crippen LogP) is 13.4. The van der Waals surface area contributed by atoms with Gasteiger partial charge in [-0.3, -0.25) is 0 Å². The number of fused-ring (bicyclic) bond motifs is 6. The molecule has 1 N–H and O–H groups in total. The van der Waals surface area contributed by atoms with Crippen LogP contribution in [0.4, 0.5) is 0 Å². The normalized spacial score (nSPS) is 11.6. The van der Waals surface area contributed by atoms with Crippen LogP contribution in [0.15, 0.2) is 192 Å². The maximum absolute atomic E-state index is 6.43. The number of rotatable bonds is 6. The van der Waals surface area contributed by atoms with E-state index in [0.717, 1.165) is 100.0 Å². The van der Waals surface area contributed by atoms with Gasteiger partial charge in [-0.05, 0) is 56.8 Å². The van der Waals surface area contributed by atoms with Gasteiger partial charge < -0.3 is 9.40 Å². The first-order valence-corrected chi connectivity index (χ1v) is 18.8. The fourth-order valence-electron chi connectivity index (χ4n) is 8.48. The first-order valence-electron chi connectivity index (χ1n) is 18.8. The second kappa shape index (κ2) is 13.0. The van der Waals surface area contributed by atoms with Crippen molar-refractivity contribution in [2.24, 2.45) is 0 Å². The molecule has 11 rings (SSSR count). The summed E-state index contributed by atoms with van der Waals surface area (Å²) in [7, 11) is 0. The first-order chi connectivity index (χ1) is 27.8. The molecule has 0 aliphatic heterocycles. The van der Waals surface area contributed by atoms with E-state index >= 15 is 0 Å². The average molecular weight is 717 g/mol. The van der Waals surface area contributed by atoms with Crippen molar-refractivity contribution in [1.29, 1.82) is 0 Å². The van der Waals surface area contributed by atoms with Gasteiger partial charge in [-0.1, -0.05) is 170 Å². The Morgan fingerprint density at radius 3 is 1.71 bits per heavy atom. The van der Waals surface area contributed by atoms with Crippen LogP contribution in [0.5, 0.6) is 0 Å². The molecule has 5 heteroatoms. The molecule has 0 amide bonds. The van der Waals surface area contributed by atoms with Gasteiger partial charge in [0.05, 0.1) is 5.52 Å². The lowest BCUT2D eigenvalue weighted by atomic mass is 9.83. The quantitative estimate of drug-likeness (QED) is 0.186. The van der Waals surface area contributed by atoms with Crippen LogP contribution >= 0.6 is 0 Å². The smallest absolute Gasteiger partial charge is 0.136 e. The zero-order valence-corrected chi connectivity index (χ0v) is 30.1. The number of benzene rings is 8. The monoisotopic (exact) mass is 716 g/mol. The third kappa shape index (κ3) is 5.06. The molecule has 0 bridgehead atoms. The zero-order chi connectivity index (χ0) is 37.0. The summed E-state index contributed by atoms with van der Waals surface area (Å²) in [4.78, 5) is 3.81. The molecule has 3 aromatic heterocycles. The van der Waals surface area contributed by atoms with E-state index in [1.807, 2.05) is 30.3 Å². The highest BCUT2D eigenvalue weighted by molar-refractivity contribution is 6.17. The summed E-state index contributed by atoms with van der Waals surface area (Å²) in [6, 6.07) is 65.6. The Kier molecular flexibility index (Phi) is 7.42. The topological polar surface area (TPSA) is 67.6 Å². The molecule has 0 atom stereocenters. The predicted molar refractivity (Wildman–Crippen MR) is 229 cm³/mol. The highest BCUT2D eigenvalue weighted by atomic mass is 16.3. The van der Waals surface area contributed by atoms with Crippen molar-refractivity contribution in [3.05, 3.63) is 188 Å². The van der Waals surface area contributed by atoms with Crippen molar-refractivity contribution in [3.8, 4) is 67.0 Å². The maximum Gasteiger partial charge on any atom is 0.136 e. The minimum Gasteiger partial charge on any atom is -0.456 e. The van der Waals surface area contributed by atoms with E-state index in [9.17, 15) is 0 Å². The van der Waals surface area contributed by atoms with Gasteiger partial charge in [-0.25, -0.2) is 0 Å². The van der Waals surface area contributed by atoms with E-state index in [1.54, 1.807) is 0 Å². The number of para-hydroxylation sites is 3. The minimum absolute atomic E-state index is 0.727. The largest absolute Gasteiger partial charge is 0.456 e. The summed E-state index contributed by atoms with van der Waals surface area (Å²) in [5.41, 5.74) is 15.6. The molecule has 0 saturated heterocycles. The summed E-state index contributed by atoms with van der Waals surface area (Å²) >= 11 is 0. The molecule has 0 aliphatic rings. The summed E-state index contributed by atoms with van der Waals surface area (Å²) < 4.78 is 6.43. The van der Waals surface area contributed by atoms with Crippen molar-refractivity contribution in [2.45, 2.75) is 0 Å². The third-order valence-corrected chi connectivity index (χ3v) is 10.9. The van der Waals surface area contributed by atoms with Crippen LogP contribution in [-0.4, -0.2) is 20.4 Å². The Morgan fingerprint density at radius 2 is 0.893 bits per heavy atom. The Balaban J connectivity index is 1.31. The minimum atomic E-state index is 0.727. The molecule has 0 spiro atoms. The SMILES string of the molecule is c1ccc(-c2ccccc2-c2nnnc(-c3cccc4oc5ccccc5c34)c2-c2cccc(-c3ccccc3)c2-c2cccc3c2[nH]c2ccccc23)cc1. The second-order valence-electron chi connectivity index (χ2n) is 14.0. The van der Waals surface area contributed by atoms with Crippen molar-refractivity contribution in [1.82, 2.24) is 20.4 Å². The lowest BCUT2D eigenvalue weighted by molar-refractivity contribution is 0.669. The lowest BCUT2D eigenvalue weighted by Crippen LogP contribution is -2.03. The van der Waals surface area contributed by atoms with Crippen LogP contribution in [0.1, 0.15) is 0 Å². The molecular formula is C51H32N4O. The standard InChI is InChI=1S/C51H32N4O/c1-3-16-32(17-4-1)34-20-7-8-22-37(34)50-48(51(54-55-53-50)42-28-15-31-45-47(42)39-23-10-12-30-44(39)56-45)40-26-13-24-35(33-18-5-2-6-19-33)46(40)41-27-14-25-38-36-21-9-11-29-43(36)52-49(38)41/h1-31,52H. The molecule has 262 valence electrons. The van der Waals surface area contributed by atoms with Crippen LogP contribution in [0.2, 0.25) is 0 Å². The molecular weight excluding hydrogens is 685 g/mol. The zero-order valence-electron chi connectivity index (χ0n) is 30.1. The molecule has 0 aliphatic carbocycles. The van der Waals surface area contributed by atoms with Crippen LogP contribution < -0.4 is 0 Å². The molecule has 11 aromatic rings. The third-order valence-electron chi connectivity index (χ3n) is 10.9. The van der Waals surface area contributed by atoms with Crippen LogP contribution in [0.3, 0.4) is 0 Å². The van der Waals surface area contributed by atoms with Crippen molar-refractivity contribution >= 4 is 43.7 Å². The number of furan rings is 1. The Hall–Kier alpha value is -7.63. The fourth-order valence-corrected chi connectivity index (χ4v) is 8.48. The average Bonchev–Trinajstić information content (AvgIpc) is 3.85. The highest BCUT2D eigenvalue weighted by Crippen LogP contribution is 2.50. The summed E-state index contributed by atoms with van der Waals surface area (Å²) in [5, 5.41) is 18.9. The van der Waals surface area contributed by atoms with E-state index in [1.165, 1.54) is 10.8 Å². The molecule has 8 aromatic carbocycles. The number of hydrogen-bond donors (Lipinski definition) is 1. The second-order valence-corrected chi connectivity index (χ2v) is 14.0. The van der Waals surface area contributed by atoms with Crippen LogP contribution in [0.25, 0.3) is 111 Å². The van der Waals surface area contributed by atoms with Crippen LogP contribution in [0, 0.1) is 0 Å². The van der Waals surface area contributed by atoms with Crippen LogP contribution in [-0.2, 0) is 0 Å². The van der Waals surface area contributed by atoms with E-state index in [0.29, 0.717) is 0 Å². The number of nitrogens with zero attached hydrogens (tertiary/aromatic N) is 3. The van der Waals surface area contributed by atoms with Crippen molar-refractivity contribution in [3.63, 3.8) is 0 Å². The van der Waals surface area contributed by atoms with Gasteiger partial charge >= 0.3 is 0 Å². The maximum atomic E-state index is 6.43. The molecule has 0 unspecified atom stereocenters. The molecule has 0 radical (unpaired) electrons. The highest BCUT2D eigenvalue weighted by Gasteiger charge is 2.27. The summed E-state index contributed by atoms with van der Waals surface area (Å²) in [6.07, 6.45) is 0. The van der Waals surface area contributed by atoms with Gasteiger partial charge in [0.2, 0.25) is 0 Å². The molecule has 0 fully saturated rings. The van der Waals surface area contributed by atoms with E-state index in [2.05, 4.69) is 168 Å². The van der Waals surface area contributed by atoms with Gasteiger partial charge in [0.15, 0.2) is 0 Å².